The maximum Gasteiger partial charge on any atom is 0.323 e. The summed E-state index contributed by atoms with van der Waals surface area (Å²) in [7, 11) is 0. The van der Waals surface area contributed by atoms with Crippen LogP contribution >= 0.6 is 11.6 Å². The van der Waals surface area contributed by atoms with Gasteiger partial charge >= 0.3 is 6.03 Å². The summed E-state index contributed by atoms with van der Waals surface area (Å²) in [4.78, 5) is 27.4. The van der Waals surface area contributed by atoms with E-state index in [9.17, 15) is 9.59 Å². The molecule has 6 nitrogen and oxygen atoms in total. The Bertz CT molecular complexity index is 864. The van der Waals surface area contributed by atoms with Crippen molar-refractivity contribution in [3.8, 4) is 0 Å². The molecule has 0 bridgehead atoms. The molecule has 3 N–H and O–H groups in total. The van der Waals surface area contributed by atoms with E-state index >= 15 is 0 Å². The fraction of sp³-hybridized carbons (Fsp3) is 0.364. The van der Waals surface area contributed by atoms with E-state index in [-0.39, 0.29) is 18.0 Å². The van der Waals surface area contributed by atoms with Crippen LogP contribution in [0.3, 0.4) is 0 Å². The Morgan fingerprint density at radius 1 is 1.03 bits per heavy atom. The topological polar surface area (TPSA) is 73.5 Å². The van der Waals surface area contributed by atoms with Crippen molar-refractivity contribution in [2.24, 2.45) is 0 Å². The SMILES string of the molecule is CCC(C)NC(=O)c1cc(NC(=O)Nc2ccc(Cl)cc2)ccc1N1CCCC1. The lowest BCUT2D eigenvalue weighted by Crippen LogP contribution is -2.33. The molecule has 7 heteroatoms. The van der Waals surface area contributed by atoms with Gasteiger partial charge in [-0.1, -0.05) is 18.5 Å². The summed E-state index contributed by atoms with van der Waals surface area (Å²) in [5.41, 5.74) is 2.69. The predicted molar refractivity (Wildman–Crippen MR) is 119 cm³/mol. The molecule has 1 unspecified atom stereocenters. The highest BCUT2D eigenvalue weighted by Gasteiger charge is 2.21. The second-order valence-corrected chi connectivity index (χ2v) is 7.73. The lowest BCUT2D eigenvalue weighted by atomic mass is 10.1. The lowest BCUT2D eigenvalue weighted by Gasteiger charge is -2.23. The zero-order chi connectivity index (χ0) is 20.8. The van der Waals surface area contributed by atoms with Crippen molar-refractivity contribution >= 4 is 40.6 Å². The van der Waals surface area contributed by atoms with E-state index in [0.29, 0.717) is 22.0 Å². The Labute approximate surface area is 176 Å². The van der Waals surface area contributed by atoms with Crippen LogP contribution in [0.4, 0.5) is 21.9 Å². The number of hydrogen-bond acceptors (Lipinski definition) is 3. The molecule has 1 heterocycles. The van der Waals surface area contributed by atoms with E-state index in [1.54, 1.807) is 30.3 Å². The quantitative estimate of drug-likeness (QED) is 0.614. The number of benzene rings is 2. The summed E-state index contributed by atoms with van der Waals surface area (Å²) in [6, 6.07) is 12.1. The van der Waals surface area contributed by atoms with Gasteiger partial charge in [0.05, 0.1) is 5.56 Å². The molecular weight excluding hydrogens is 388 g/mol. The van der Waals surface area contributed by atoms with Crippen LogP contribution in [0.15, 0.2) is 42.5 Å². The molecule has 1 aliphatic heterocycles. The zero-order valence-corrected chi connectivity index (χ0v) is 17.6. The van der Waals surface area contributed by atoms with E-state index in [1.807, 2.05) is 26.0 Å². The van der Waals surface area contributed by atoms with Gasteiger partial charge in [-0.2, -0.15) is 0 Å². The molecule has 1 saturated heterocycles. The Morgan fingerprint density at radius 2 is 1.66 bits per heavy atom. The molecule has 3 rings (SSSR count). The van der Waals surface area contributed by atoms with Gasteiger partial charge in [0.15, 0.2) is 0 Å². The number of anilines is 3. The fourth-order valence-corrected chi connectivity index (χ4v) is 3.39. The van der Waals surface area contributed by atoms with E-state index < -0.39 is 0 Å². The highest BCUT2D eigenvalue weighted by Crippen LogP contribution is 2.28. The van der Waals surface area contributed by atoms with Crippen molar-refractivity contribution in [2.75, 3.05) is 28.6 Å². The Balaban J connectivity index is 1.77. The summed E-state index contributed by atoms with van der Waals surface area (Å²) in [5, 5.41) is 9.19. The first kappa shape index (κ1) is 21.0. The van der Waals surface area contributed by atoms with Gasteiger partial charge in [0.1, 0.15) is 0 Å². The van der Waals surface area contributed by atoms with Crippen molar-refractivity contribution in [3.05, 3.63) is 53.1 Å². The first-order valence-corrected chi connectivity index (χ1v) is 10.4. The van der Waals surface area contributed by atoms with Crippen molar-refractivity contribution in [2.45, 2.75) is 39.2 Å². The number of amides is 3. The highest BCUT2D eigenvalue weighted by molar-refractivity contribution is 6.30. The maximum absolute atomic E-state index is 12.9. The number of carbonyl (C=O) groups is 2. The minimum absolute atomic E-state index is 0.0822. The molecule has 2 aromatic carbocycles. The van der Waals surface area contributed by atoms with Crippen LogP contribution in [0.25, 0.3) is 0 Å². The normalized spacial score (nSPS) is 14.4. The predicted octanol–water partition coefficient (Wildman–Crippen LogP) is 5.11. The Hall–Kier alpha value is -2.73. The maximum atomic E-state index is 12.9. The molecule has 1 aliphatic rings. The van der Waals surface area contributed by atoms with Crippen LogP contribution in [0.5, 0.6) is 0 Å². The van der Waals surface area contributed by atoms with E-state index in [1.165, 1.54) is 0 Å². The molecule has 3 amide bonds. The van der Waals surface area contributed by atoms with Gasteiger partial charge in [-0.15, -0.1) is 0 Å². The van der Waals surface area contributed by atoms with Gasteiger partial charge in [0.25, 0.3) is 5.91 Å². The van der Waals surface area contributed by atoms with Crippen LogP contribution in [0.2, 0.25) is 5.02 Å². The van der Waals surface area contributed by atoms with Crippen molar-refractivity contribution in [3.63, 3.8) is 0 Å². The van der Waals surface area contributed by atoms with Gasteiger partial charge in [0.2, 0.25) is 0 Å². The van der Waals surface area contributed by atoms with Gasteiger partial charge < -0.3 is 20.9 Å². The van der Waals surface area contributed by atoms with E-state index in [4.69, 9.17) is 11.6 Å². The average Bonchev–Trinajstić information content (AvgIpc) is 3.24. The van der Waals surface area contributed by atoms with Crippen molar-refractivity contribution < 1.29 is 9.59 Å². The van der Waals surface area contributed by atoms with Crippen molar-refractivity contribution in [1.29, 1.82) is 0 Å². The van der Waals surface area contributed by atoms with Gasteiger partial charge in [-0.3, -0.25) is 4.79 Å². The number of urea groups is 1. The Kier molecular flexibility index (Phi) is 6.99. The van der Waals surface area contributed by atoms with Crippen LogP contribution < -0.4 is 20.9 Å². The summed E-state index contributed by atoms with van der Waals surface area (Å²) in [6.45, 7) is 5.89. The molecular formula is C22H27ClN4O2. The summed E-state index contributed by atoms with van der Waals surface area (Å²) < 4.78 is 0. The average molecular weight is 415 g/mol. The minimum Gasteiger partial charge on any atom is -0.371 e. The third-order valence-corrected chi connectivity index (χ3v) is 5.29. The number of nitrogens with one attached hydrogen (secondary N) is 3. The highest BCUT2D eigenvalue weighted by atomic mass is 35.5. The van der Waals surface area contributed by atoms with Crippen LogP contribution in [0, 0.1) is 0 Å². The molecule has 1 atom stereocenters. The number of nitrogens with zero attached hydrogens (tertiary/aromatic N) is 1. The number of halogens is 1. The fourth-order valence-electron chi connectivity index (χ4n) is 3.26. The molecule has 0 radical (unpaired) electrons. The number of carbonyl (C=O) groups excluding carboxylic acids is 2. The smallest absolute Gasteiger partial charge is 0.323 e. The minimum atomic E-state index is -0.380. The van der Waals surface area contributed by atoms with E-state index in [2.05, 4.69) is 20.9 Å². The summed E-state index contributed by atoms with van der Waals surface area (Å²) in [5.74, 6) is -0.122. The monoisotopic (exact) mass is 414 g/mol. The Morgan fingerprint density at radius 3 is 2.31 bits per heavy atom. The van der Waals surface area contributed by atoms with Crippen LogP contribution in [0.1, 0.15) is 43.5 Å². The first-order valence-electron chi connectivity index (χ1n) is 9.99. The summed E-state index contributed by atoms with van der Waals surface area (Å²) >= 11 is 5.87. The first-order chi connectivity index (χ1) is 14.0. The molecule has 154 valence electrons. The molecule has 0 spiro atoms. The van der Waals surface area contributed by atoms with Gasteiger partial charge in [-0.05, 0) is 68.7 Å². The van der Waals surface area contributed by atoms with Crippen molar-refractivity contribution in [1.82, 2.24) is 5.32 Å². The largest absolute Gasteiger partial charge is 0.371 e. The molecule has 0 saturated carbocycles. The van der Waals surface area contributed by atoms with E-state index in [0.717, 1.165) is 38.0 Å². The summed E-state index contributed by atoms with van der Waals surface area (Å²) in [6.07, 6.45) is 3.10. The second-order valence-electron chi connectivity index (χ2n) is 7.29. The standard InChI is InChI=1S/C22H27ClN4O2/c1-3-15(2)24-21(28)19-14-18(10-11-20(19)27-12-4-5-13-27)26-22(29)25-17-8-6-16(23)7-9-17/h6-11,14-15H,3-5,12-13H2,1-2H3,(H,24,28)(H2,25,26,29). The molecule has 0 aromatic heterocycles. The third-order valence-electron chi connectivity index (χ3n) is 5.04. The molecule has 2 aromatic rings. The molecule has 1 fully saturated rings. The lowest BCUT2D eigenvalue weighted by molar-refractivity contribution is 0.0940. The molecule has 29 heavy (non-hydrogen) atoms. The second kappa shape index (κ2) is 9.65. The third kappa shape index (κ3) is 5.64. The number of hydrogen-bond donors (Lipinski definition) is 3. The van der Waals surface area contributed by atoms with Crippen LogP contribution in [-0.4, -0.2) is 31.1 Å². The van der Waals surface area contributed by atoms with Gasteiger partial charge in [0, 0.05) is 41.2 Å². The van der Waals surface area contributed by atoms with Crippen LogP contribution in [-0.2, 0) is 0 Å². The molecule has 0 aliphatic carbocycles. The van der Waals surface area contributed by atoms with Gasteiger partial charge in [-0.25, -0.2) is 4.79 Å². The zero-order valence-electron chi connectivity index (χ0n) is 16.8. The number of rotatable bonds is 6.